The van der Waals surface area contributed by atoms with Gasteiger partial charge in [-0.2, -0.15) is 0 Å². The largest absolute Gasteiger partial charge is 0.479 e. The lowest BCUT2D eigenvalue weighted by molar-refractivity contribution is -0.153. The molecule has 0 fully saturated rings. The highest BCUT2D eigenvalue weighted by molar-refractivity contribution is 6.30. The molecule has 1 aromatic heterocycles. The second-order valence-corrected chi connectivity index (χ2v) is 3.25. The molecule has 7 heteroatoms. The standard InChI is InChI=1S/C8H8ClNO5/c9-4-1-3(2-10-7(4)13)5(11)6(12)8(14)15/h1-2,5-6,11-12H,(H,10,13)(H,14,15). The highest BCUT2D eigenvalue weighted by Gasteiger charge is 2.25. The Bertz CT molecular complexity index is 429. The van der Waals surface area contributed by atoms with Crippen LogP contribution in [0.15, 0.2) is 17.1 Å². The van der Waals surface area contributed by atoms with Gasteiger partial charge in [0.05, 0.1) is 0 Å². The number of nitrogens with one attached hydrogen (secondary N) is 1. The van der Waals surface area contributed by atoms with Crippen LogP contribution in [0.5, 0.6) is 0 Å². The Labute approximate surface area is 88.8 Å². The summed E-state index contributed by atoms with van der Waals surface area (Å²) in [6.07, 6.45) is -2.52. The van der Waals surface area contributed by atoms with Crippen molar-refractivity contribution in [3.05, 3.63) is 33.2 Å². The summed E-state index contributed by atoms with van der Waals surface area (Å²) >= 11 is 5.46. The number of hydrogen-bond acceptors (Lipinski definition) is 4. The zero-order chi connectivity index (χ0) is 11.6. The highest BCUT2D eigenvalue weighted by atomic mass is 35.5. The van der Waals surface area contributed by atoms with Crippen LogP contribution in [-0.2, 0) is 4.79 Å². The third-order valence-corrected chi connectivity index (χ3v) is 2.05. The van der Waals surface area contributed by atoms with Crippen molar-refractivity contribution in [1.29, 1.82) is 0 Å². The summed E-state index contributed by atoms with van der Waals surface area (Å²) in [5.41, 5.74) is -0.535. The van der Waals surface area contributed by atoms with E-state index in [9.17, 15) is 14.7 Å². The fraction of sp³-hybridized carbons (Fsp3) is 0.250. The first kappa shape index (κ1) is 11.7. The fourth-order valence-corrected chi connectivity index (χ4v) is 1.14. The van der Waals surface area contributed by atoms with Crippen molar-refractivity contribution in [3.63, 3.8) is 0 Å². The van der Waals surface area contributed by atoms with E-state index in [1.165, 1.54) is 0 Å². The maximum absolute atomic E-state index is 10.8. The first-order chi connectivity index (χ1) is 6.93. The van der Waals surface area contributed by atoms with E-state index in [0.29, 0.717) is 0 Å². The second-order valence-electron chi connectivity index (χ2n) is 2.84. The topological polar surface area (TPSA) is 111 Å². The number of aliphatic hydroxyl groups is 2. The van der Waals surface area contributed by atoms with Crippen LogP contribution in [0.25, 0.3) is 0 Å². The number of aliphatic hydroxyl groups excluding tert-OH is 2. The predicted molar refractivity (Wildman–Crippen MR) is 50.7 cm³/mol. The molecule has 1 aromatic rings. The van der Waals surface area contributed by atoms with Gasteiger partial charge >= 0.3 is 5.97 Å². The van der Waals surface area contributed by atoms with Crippen LogP contribution < -0.4 is 5.56 Å². The molecule has 0 saturated heterocycles. The fourth-order valence-electron chi connectivity index (χ4n) is 0.959. The smallest absolute Gasteiger partial charge is 0.335 e. The number of aliphatic carboxylic acids is 1. The van der Waals surface area contributed by atoms with Gasteiger partial charge in [-0.05, 0) is 6.07 Å². The van der Waals surface area contributed by atoms with Gasteiger partial charge < -0.3 is 20.3 Å². The minimum absolute atomic E-state index is 0.0227. The van der Waals surface area contributed by atoms with Gasteiger partial charge in [0, 0.05) is 11.8 Å². The molecule has 0 radical (unpaired) electrons. The molecule has 2 atom stereocenters. The average Bonchev–Trinajstić information content (AvgIpc) is 2.19. The number of aromatic nitrogens is 1. The Morgan fingerprint density at radius 2 is 2.07 bits per heavy atom. The van der Waals surface area contributed by atoms with E-state index in [0.717, 1.165) is 12.3 Å². The molecule has 15 heavy (non-hydrogen) atoms. The number of rotatable bonds is 3. The van der Waals surface area contributed by atoms with E-state index in [1.54, 1.807) is 0 Å². The maximum Gasteiger partial charge on any atom is 0.335 e. The molecule has 1 rings (SSSR count). The molecule has 4 N–H and O–H groups in total. The summed E-state index contributed by atoms with van der Waals surface area (Å²) in [5, 5.41) is 26.6. The molecule has 0 aliphatic carbocycles. The SMILES string of the molecule is O=C(O)C(O)C(O)c1c[nH]c(=O)c(Cl)c1. The number of carbonyl (C=O) groups is 1. The van der Waals surface area contributed by atoms with E-state index in [1.807, 2.05) is 0 Å². The Kier molecular flexibility index (Phi) is 3.46. The summed E-state index contributed by atoms with van der Waals surface area (Å²) in [7, 11) is 0. The minimum Gasteiger partial charge on any atom is -0.479 e. The van der Waals surface area contributed by atoms with E-state index in [4.69, 9.17) is 21.8 Å². The van der Waals surface area contributed by atoms with Crippen molar-refractivity contribution in [2.75, 3.05) is 0 Å². The number of carboxylic acids is 1. The van der Waals surface area contributed by atoms with Crippen LogP contribution in [0.3, 0.4) is 0 Å². The Morgan fingerprint density at radius 1 is 1.47 bits per heavy atom. The van der Waals surface area contributed by atoms with Crippen molar-refractivity contribution in [2.45, 2.75) is 12.2 Å². The molecular weight excluding hydrogens is 226 g/mol. The molecule has 6 nitrogen and oxygen atoms in total. The van der Waals surface area contributed by atoms with Gasteiger partial charge in [-0.3, -0.25) is 4.79 Å². The Balaban J connectivity index is 3.01. The Morgan fingerprint density at radius 3 is 2.53 bits per heavy atom. The van der Waals surface area contributed by atoms with Crippen LogP contribution in [0.2, 0.25) is 5.02 Å². The van der Waals surface area contributed by atoms with Crippen LogP contribution in [-0.4, -0.2) is 32.4 Å². The zero-order valence-corrected chi connectivity index (χ0v) is 8.10. The summed E-state index contributed by atoms with van der Waals surface area (Å²) in [5.74, 6) is -1.56. The normalized spacial score (nSPS) is 14.6. The highest BCUT2D eigenvalue weighted by Crippen LogP contribution is 2.17. The van der Waals surface area contributed by atoms with E-state index in [-0.39, 0.29) is 10.6 Å². The van der Waals surface area contributed by atoms with Crippen LogP contribution in [0, 0.1) is 0 Å². The first-order valence-corrected chi connectivity index (χ1v) is 4.28. The molecule has 0 amide bonds. The molecule has 0 saturated carbocycles. The quantitative estimate of drug-likeness (QED) is 0.563. The third-order valence-electron chi connectivity index (χ3n) is 1.77. The van der Waals surface area contributed by atoms with Gasteiger partial charge in [0.1, 0.15) is 11.1 Å². The molecule has 0 aliphatic heterocycles. The lowest BCUT2D eigenvalue weighted by atomic mass is 10.1. The van der Waals surface area contributed by atoms with Gasteiger partial charge in [-0.25, -0.2) is 4.79 Å². The number of carboxylic acid groups (broad SMARTS) is 1. The van der Waals surface area contributed by atoms with Gasteiger partial charge in [0.15, 0.2) is 6.10 Å². The van der Waals surface area contributed by atoms with Gasteiger partial charge in [-0.1, -0.05) is 11.6 Å². The van der Waals surface area contributed by atoms with Crippen LogP contribution >= 0.6 is 11.6 Å². The average molecular weight is 234 g/mol. The van der Waals surface area contributed by atoms with Crippen molar-refractivity contribution < 1.29 is 20.1 Å². The summed E-state index contributed by atoms with van der Waals surface area (Å²) < 4.78 is 0. The minimum atomic E-state index is -1.97. The van der Waals surface area contributed by atoms with Crippen molar-refractivity contribution in [2.24, 2.45) is 0 Å². The Hall–Kier alpha value is -1.37. The summed E-state index contributed by atoms with van der Waals surface area (Å²) in [6.45, 7) is 0. The zero-order valence-electron chi connectivity index (χ0n) is 7.35. The van der Waals surface area contributed by atoms with Crippen molar-refractivity contribution in [3.8, 4) is 0 Å². The number of aromatic amines is 1. The molecular formula is C8H8ClNO5. The van der Waals surface area contributed by atoms with E-state index >= 15 is 0 Å². The van der Waals surface area contributed by atoms with E-state index < -0.39 is 23.7 Å². The number of hydrogen-bond donors (Lipinski definition) is 4. The molecule has 1 heterocycles. The van der Waals surface area contributed by atoms with Crippen molar-refractivity contribution >= 4 is 17.6 Å². The van der Waals surface area contributed by atoms with Gasteiger partial charge in [0.25, 0.3) is 5.56 Å². The molecule has 0 aliphatic rings. The molecule has 82 valence electrons. The van der Waals surface area contributed by atoms with Crippen molar-refractivity contribution in [1.82, 2.24) is 4.98 Å². The van der Waals surface area contributed by atoms with E-state index in [2.05, 4.69) is 4.98 Å². The molecule has 0 bridgehead atoms. The maximum atomic E-state index is 10.8. The van der Waals surface area contributed by atoms with Crippen LogP contribution in [0.4, 0.5) is 0 Å². The molecule has 0 spiro atoms. The van der Waals surface area contributed by atoms with Gasteiger partial charge in [0.2, 0.25) is 0 Å². The lowest BCUT2D eigenvalue weighted by Gasteiger charge is -2.13. The summed E-state index contributed by atoms with van der Waals surface area (Å²) in [6, 6.07) is 1.09. The summed E-state index contributed by atoms with van der Waals surface area (Å²) in [4.78, 5) is 23.4. The second kappa shape index (κ2) is 4.43. The molecule has 0 aromatic carbocycles. The third kappa shape index (κ3) is 2.56. The monoisotopic (exact) mass is 233 g/mol. The predicted octanol–water partition coefficient (Wildman–Crippen LogP) is -0.493. The van der Waals surface area contributed by atoms with Gasteiger partial charge in [-0.15, -0.1) is 0 Å². The number of H-pyrrole nitrogens is 1. The number of pyridine rings is 1. The lowest BCUT2D eigenvalue weighted by Crippen LogP contribution is -2.28. The van der Waals surface area contributed by atoms with Crippen LogP contribution in [0.1, 0.15) is 11.7 Å². The number of halogens is 1. The molecule has 2 unspecified atom stereocenters. The first-order valence-electron chi connectivity index (χ1n) is 3.90.